The molecule has 1 saturated carbocycles. The van der Waals surface area contributed by atoms with Gasteiger partial charge in [0.2, 0.25) is 0 Å². The van der Waals surface area contributed by atoms with Crippen molar-refractivity contribution in [1.29, 1.82) is 0 Å². The molecule has 0 N–H and O–H groups in total. The van der Waals surface area contributed by atoms with E-state index in [4.69, 9.17) is 9.47 Å². The molecule has 3 aliphatic rings. The van der Waals surface area contributed by atoms with Gasteiger partial charge in [-0.1, -0.05) is 6.42 Å². The van der Waals surface area contributed by atoms with Crippen LogP contribution in [-0.2, 0) is 9.47 Å². The molecule has 1 aromatic heterocycles. The van der Waals surface area contributed by atoms with Gasteiger partial charge in [-0.2, -0.15) is 5.10 Å². The van der Waals surface area contributed by atoms with Crippen molar-refractivity contribution in [3.05, 3.63) is 18.0 Å². The first-order valence-electron chi connectivity index (χ1n) is 8.77. The molecule has 5 heteroatoms. The van der Waals surface area contributed by atoms with Crippen LogP contribution in [0.3, 0.4) is 0 Å². The van der Waals surface area contributed by atoms with Gasteiger partial charge in [0.15, 0.2) is 5.79 Å². The summed E-state index contributed by atoms with van der Waals surface area (Å²) in [4.78, 5) is 2.51. The zero-order chi connectivity index (χ0) is 15.0. The minimum Gasteiger partial charge on any atom is -0.347 e. The molecule has 0 aromatic carbocycles. The highest BCUT2D eigenvalue weighted by molar-refractivity contribution is 5.01. The third kappa shape index (κ3) is 2.94. The summed E-state index contributed by atoms with van der Waals surface area (Å²) in [5.41, 5.74) is 1.24. The van der Waals surface area contributed by atoms with Crippen molar-refractivity contribution in [2.45, 2.75) is 63.4 Å². The molecule has 1 spiro atoms. The van der Waals surface area contributed by atoms with Crippen LogP contribution < -0.4 is 0 Å². The molecular formula is C17H27N3O2. The molecule has 3 fully saturated rings. The van der Waals surface area contributed by atoms with Gasteiger partial charge in [0.25, 0.3) is 0 Å². The zero-order valence-corrected chi connectivity index (χ0v) is 13.5. The summed E-state index contributed by atoms with van der Waals surface area (Å²) in [6, 6.07) is 0.514. The maximum absolute atomic E-state index is 6.31. The van der Waals surface area contributed by atoms with Crippen LogP contribution in [0, 0.1) is 6.92 Å². The molecule has 0 radical (unpaired) electrons. The lowest BCUT2D eigenvalue weighted by Crippen LogP contribution is -2.36. The molecular weight excluding hydrogens is 278 g/mol. The summed E-state index contributed by atoms with van der Waals surface area (Å²) in [5, 5.41) is 4.47. The second kappa shape index (κ2) is 5.95. The first kappa shape index (κ1) is 14.7. The molecule has 122 valence electrons. The van der Waals surface area contributed by atoms with Gasteiger partial charge in [-0.05, 0) is 31.7 Å². The number of hydrogen-bond donors (Lipinski definition) is 0. The number of hydrogen-bond acceptors (Lipinski definition) is 4. The standard InChI is InChI=1S/C17H27N3O2/c1-14-9-18-20(10-14)15-5-8-19(11-15)12-16-13-21-17(22-16)6-3-2-4-7-17/h9-10,15-16H,2-8,11-13H2,1H3. The number of rotatable bonds is 3. The molecule has 0 amide bonds. The zero-order valence-electron chi connectivity index (χ0n) is 13.5. The Morgan fingerprint density at radius 2 is 2.18 bits per heavy atom. The first-order valence-corrected chi connectivity index (χ1v) is 8.77. The van der Waals surface area contributed by atoms with Gasteiger partial charge in [-0.25, -0.2) is 0 Å². The third-order valence-electron chi connectivity index (χ3n) is 5.34. The summed E-state index contributed by atoms with van der Waals surface area (Å²) in [6.07, 6.45) is 11.5. The molecule has 22 heavy (non-hydrogen) atoms. The van der Waals surface area contributed by atoms with Crippen LogP contribution in [0.15, 0.2) is 12.4 Å². The fourth-order valence-corrected chi connectivity index (χ4v) is 4.17. The van der Waals surface area contributed by atoms with Gasteiger partial charge in [0.1, 0.15) is 0 Å². The van der Waals surface area contributed by atoms with Gasteiger partial charge in [-0.3, -0.25) is 9.58 Å². The van der Waals surface area contributed by atoms with E-state index in [9.17, 15) is 0 Å². The summed E-state index contributed by atoms with van der Waals surface area (Å²) in [6.45, 7) is 6.08. The third-order valence-corrected chi connectivity index (χ3v) is 5.34. The van der Waals surface area contributed by atoms with Crippen molar-refractivity contribution in [3.63, 3.8) is 0 Å². The van der Waals surface area contributed by atoms with Crippen molar-refractivity contribution >= 4 is 0 Å². The van der Waals surface area contributed by atoms with E-state index in [1.54, 1.807) is 0 Å². The Balaban J connectivity index is 1.30. The molecule has 1 aliphatic carbocycles. The summed E-state index contributed by atoms with van der Waals surface area (Å²) in [7, 11) is 0. The Morgan fingerprint density at radius 1 is 1.32 bits per heavy atom. The fraction of sp³-hybridized carbons (Fsp3) is 0.824. The minimum atomic E-state index is -0.235. The van der Waals surface area contributed by atoms with Gasteiger partial charge < -0.3 is 9.47 Å². The average molecular weight is 305 g/mol. The molecule has 1 aromatic rings. The van der Waals surface area contributed by atoms with E-state index in [-0.39, 0.29) is 11.9 Å². The predicted octanol–water partition coefficient (Wildman–Crippen LogP) is 2.51. The van der Waals surface area contributed by atoms with Crippen molar-refractivity contribution in [2.75, 3.05) is 26.2 Å². The maximum Gasteiger partial charge on any atom is 0.168 e. The van der Waals surface area contributed by atoms with E-state index in [2.05, 4.69) is 27.8 Å². The highest BCUT2D eigenvalue weighted by Crippen LogP contribution is 2.38. The number of aryl methyl sites for hydroxylation is 1. The van der Waals surface area contributed by atoms with Gasteiger partial charge in [-0.15, -0.1) is 0 Å². The summed E-state index contributed by atoms with van der Waals surface area (Å²) in [5.74, 6) is -0.235. The predicted molar refractivity (Wildman–Crippen MR) is 83.7 cm³/mol. The van der Waals surface area contributed by atoms with Crippen LogP contribution in [0.4, 0.5) is 0 Å². The minimum absolute atomic E-state index is 0.235. The molecule has 2 aliphatic heterocycles. The van der Waals surface area contributed by atoms with E-state index < -0.39 is 0 Å². The van der Waals surface area contributed by atoms with E-state index in [1.807, 2.05) is 6.20 Å². The highest BCUT2D eigenvalue weighted by Gasteiger charge is 2.43. The molecule has 2 unspecified atom stereocenters. The van der Waals surface area contributed by atoms with E-state index in [1.165, 1.54) is 31.2 Å². The Bertz CT molecular complexity index is 510. The number of aromatic nitrogens is 2. The number of ether oxygens (including phenoxy) is 2. The van der Waals surface area contributed by atoms with E-state index in [0.717, 1.165) is 39.1 Å². The molecule has 3 heterocycles. The van der Waals surface area contributed by atoms with Gasteiger partial charge in [0.05, 0.1) is 24.9 Å². The second-order valence-corrected chi connectivity index (χ2v) is 7.22. The monoisotopic (exact) mass is 305 g/mol. The Morgan fingerprint density at radius 3 is 2.95 bits per heavy atom. The number of likely N-dealkylation sites (tertiary alicyclic amines) is 1. The lowest BCUT2D eigenvalue weighted by atomic mass is 9.94. The Hall–Kier alpha value is -0.910. The van der Waals surface area contributed by atoms with E-state index in [0.29, 0.717) is 6.04 Å². The Labute approximate surface area is 132 Å². The van der Waals surface area contributed by atoms with Crippen LogP contribution in [0.1, 0.15) is 50.1 Å². The smallest absolute Gasteiger partial charge is 0.168 e. The van der Waals surface area contributed by atoms with Crippen molar-refractivity contribution in [2.24, 2.45) is 0 Å². The Kier molecular flexibility index (Phi) is 3.96. The lowest BCUT2D eigenvalue weighted by Gasteiger charge is -2.32. The van der Waals surface area contributed by atoms with Gasteiger partial charge >= 0.3 is 0 Å². The highest BCUT2D eigenvalue weighted by atomic mass is 16.7. The van der Waals surface area contributed by atoms with E-state index >= 15 is 0 Å². The molecule has 4 rings (SSSR count). The van der Waals surface area contributed by atoms with Crippen molar-refractivity contribution in [3.8, 4) is 0 Å². The van der Waals surface area contributed by atoms with Crippen LogP contribution in [-0.4, -0.2) is 52.8 Å². The average Bonchev–Trinajstić information content (AvgIpc) is 3.22. The molecule has 2 saturated heterocycles. The van der Waals surface area contributed by atoms with Crippen LogP contribution in [0.5, 0.6) is 0 Å². The normalized spacial score (nSPS) is 32.0. The lowest BCUT2D eigenvalue weighted by molar-refractivity contribution is -0.188. The number of nitrogens with zero attached hydrogens (tertiary/aromatic N) is 3. The maximum atomic E-state index is 6.31. The quantitative estimate of drug-likeness (QED) is 0.860. The molecule has 0 bridgehead atoms. The van der Waals surface area contributed by atoms with Crippen molar-refractivity contribution < 1.29 is 9.47 Å². The molecule has 2 atom stereocenters. The second-order valence-electron chi connectivity index (χ2n) is 7.22. The largest absolute Gasteiger partial charge is 0.347 e. The summed E-state index contributed by atoms with van der Waals surface area (Å²) >= 11 is 0. The van der Waals surface area contributed by atoms with Crippen molar-refractivity contribution in [1.82, 2.24) is 14.7 Å². The summed E-state index contributed by atoms with van der Waals surface area (Å²) < 4.78 is 14.5. The first-order chi connectivity index (χ1) is 10.7. The molecule has 5 nitrogen and oxygen atoms in total. The van der Waals surface area contributed by atoms with Crippen LogP contribution >= 0.6 is 0 Å². The van der Waals surface area contributed by atoms with Gasteiger partial charge in [0, 0.05) is 38.7 Å². The topological polar surface area (TPSA) is 39.5 Å². The van der Waals surface area contributed by atoms with Crippen LogP contribution in [0.2, 0.25) is 0 Å². The SMILES string of the molecule is Cc1cnn(C2CCN(CC3COC4(CCCCC4)O3)C2)c1. The van der Waals surface area contributed by atoms with Crippen LogP contribution in [0.25, 0.3) is 0 Å². The fourth-order valence-electron chi connectivity index (χ4n) is 4.17.